The van der Waals surface area contributed by atoms with E-state index in [4.69, 9.17) is 0 Å². The third-order valence-corrected chi connectivity index (χ3v) is 6.94. The molecular formula is C24H22BrF3N4O4S. The van der Waals surface area contributed by atoms with E-state index in [2.05, 4.69) is 26.2 Å². The average molecular weight is 599 g/mol. The number of rotatable bonds is 5. The normalized spacial score (nSPS) is 12.1. The van der Waals surface area contributed by atoms with Crippen LogP contribution in [0.3, 0.4) is 0 Å². The van der Waals surface area contributed by atoms with Crippen LogP contribution in [0.1, 0.15) is 22.3 Å². The highest BCUT2D eigenvalue weighted by Crippen LogP contribution is 2.36. The zero-order valence-corrected chi connectivity index (χ0v) is 22.5. The van der Waals surface area contributed by atoms with Gasteiger partial charge in [-0.25, -0.2) is 9.79 Å². The number of anilines is 1. The predicted octanol–water partition coefficient (Wildman–Crippen LogP) is 4.64. The maximum absolute atomic E-state index is 13.4. The summed E-state index contributed by atoms with van der Waals surface area (Å²) in [6.45, 7) is 3.75. The first-order valence-electron chi connectivity index (χ1n) is 10.7. The first-order chi connectivity index (χ1) is 17.2. The van der Waals surface area contributed by atoms with E-state index in [1.165, 1.54) is 20.2 Å². The van der Waals surface area contributed by atoms with Gasteiger partial charge >= 0.3 is 11.9 Å². The molecule has 0 aliphatic rings. The largest absolute Gasteiger partial charge is 0.494 e. The Morgan fingerprint density at radius 2 is 1.76 bits per heavy atom. The molecule has 0 atom stereocenters. The fourth-order valence-electron chi connectivity index (χ4n) is 3.27. The molecule has 3 aromatic rings. The van der Waals surface area contributed by atoms with Crippen molar-refractivity contribution in [3.63, 3.8) is 0 Å². The lowest BCUT2D eigenvalue weighted by Crippen LogP contribution is -2.39. The summed E-state index contributed by atoms with van der Waals surface area (Å²) in [5, 5.41) is 12.8. The highest BCUT2D eigenvalue weighted by atomic mass is 79.9. The average Bonchev–Trinajstić information content (AvgIpc) is 2.82. The van der Waals surface area contributed by atoms with Gasteiger partial charge in [-0.2, -0.15) is 13.2 Å². The molecule has 1 aromatic heterocycles. The molecule has 1 amide bonds. The van der Waals surface area contributed by atoms with Crippen molar-refractivity contribution in [1.29, 1.82) is 0 Å². The van der Waals surface area contributed by atoms with Crippen LogP contribution in [-0.4, -0.2) is 30.9 Å². The number of aromatic nitrogens is 2. The maximum atomic E-state index is 13.4. The summed E-state index contributed by atoms with van der Waals surface area (Å²) in [7, 11) is 2.49. The van der Waals surface area contributed by atoms with Crippen LogP contribution >= 0.6 is 27.7 Å². The zero-order valence-electron chi connectivity index (χ0n) is 20.1. The molecule has 0 aliphatic carbocycles. The van der Waals surface area contributed by atoms with Crippen molar-refractivity contribution in [2.24, 2.45) is 19.1 Å². The number of nitrogens with zero attached hydrogens (tertiary/aromatic N) is 3. The number of alkyl halides is 3. The second-order valence-corrected chi connectivity index (χ2v) is 9.99. The number of benzene rings is 2. The number of aryl methyl sites for hydroxylation is 2. The molecule has 0 fully saturated rings. The number of thioether (sulfide) groups is 1. The molecule has 0 aliphatic heterocycles. The van der Waals surface area contributed by atoms with Gasteiger partial charge in [-0.05, 0) is 55.3 Å². The van der Waals surface area contributed by atoms with Gasteiger partial charge in [0.1, 0.15) is 10.6 Å². The van der Waals surface area contributed by atoms with E-state index in [9.17, 15) is 32.7 Å². The lowest BCUT2D eigenvalue weighted by molar-refractivity contribution is -0.137. The Hall–Kier alpha value is -3.32. The number of hydrogen-bond acceptors (Lipinski definition) is 6. The van der Waals surface area contributed by atoms with Gasteiger partial charge in [0, 0.05) is 18.6 Å². The lowest BCUT2D eigenvalue weighted by atomic mass is 10.1. The number of nitrogens with one attached hydrogen (secondary N) is 1. The van der Waals surface area contributed by atoms with Gasteiger partial charge in [-0.3, -0.25) is 18.7 Å². The molecule has 0 radical (unpaired) electrons. The number of amides is 1. The number of aliphatic imine (C=N–C) groups is 1. The fourth-order valence-corrected chi connectivity index (χ4v) is 4.47. The molecule has 2 aromatic carbocycles. The summed E-state index contributed by atoms with van der Waals surface area (Å²) < 4.78 is 42.1. The van der Waals surface area contributed by atoms with E-state index >= 15 is 0 Å². The maximum Gasteiger partial charge on any atom is 0.418 e. The summed E-state index contributed by atoms with van der Waals surface area (Å²) in [5.74, 6) is -1.90. The molecule has 0 saturated heterocycles. The summed E-state index contributed by atoms with van der Waals surface area (Å²) in [4.78, 5) is 42.2. The fraction of sp³-hybridized carbons (Fsp3) is 0.250. The minimum atomic E-state index is -4.71. The van der Waals surface area contributed by atoms with Crippen LogP contribution < -0.4 is 16.6 Å². The molecule has 0 spiro atoms. The summed E-state index contributed by atoms with van der Waals surface area (Å²) in [5.41, 5.74) is -1.10. The lowest BCUT2D eigenvalue weighted by Gasteiger charge is -2.15. The minimum Gasteiger partial charge on any atom is -0.494 e. The molecule has 0 saturated carbocycles. The quantitative estimate of drug-likeness (QED) is 0.329. The van der Waals surface area contributed by atoms with Gasteiger partial charge in [0.05, 0.1) is 22.7 Å². The Morgan fingerprint density at radius 3 is 2.38 bits per heavy atom. The minimum absolute atomic E-state index is 0.0843. The first-order valence-corrected chi connectivity index (χ1v) is 12.4. The van der Waals surface area contributed by atoms with E-state index in [1.807, 2.05) is 13.8 Å². The third-order valence-electron chi connectivity index (χ3n) is 5.47. The first kappa shape index (κ1) is 28.3. The van der Waals surface area contributed by atoms with Crippen LogP contribution in [0.25, 0.3) is 0 Å². The smallest absolute Gasteiger partial charge is 0.418 e. The van der Waals surface area contributed by atoms with Crippen molar-refractivity contribution >= 4 is 50.0 Å². The van der Waals surface area contributed by atoms with Crippen LogP contribution in [0.15, 0.2) is 55.5 Å². The standard InChI is InChI=1S/C24H22BrF3N4O4S/c1-12-5-7-15(9-13(12)2)29-20(19-21(34)31(3)23(36)32(4)22(19)35)37-11-18(33)30-17-8-6-14(25)10-16(17)24(26,27)28/h5-10,34H,11H2,1-4H3,(H,30,33). The second kappa shape index (κ2) is 11.0. The molecule has 2 N–H and O–H groups in total. The predicted molar refractivity (Wildman–Crippen MR) is 141 cm³/mol. The summed E-state index contributed by atoms with van der Waals surface area (Å²) >= 11 is 3.72. The SMILES string of the molecule is Cc1ccc(N=C(SCC(=O)Nc2ccc(Br)cc2C(F)(F)F)c2c(O)n(C)c(=O)n(C)c2=O)cc1C. The number of carbonyl (C=O) groups excluding carboxylic acids is 1. The molecule has 8 nitrogen and oxygen atoms in total. The van der Waals surface area contributed by atoms with Crippen molar-refractivity contribution in [1.82, 2.24) is 9.13 Å². The van der Waals surface area contributed by atoms with Crippen molar-refractivity contribution in [3.8, 4) is 5.88 Å². The van der Waals surface area contributed by atoms with Crippen molar-refractivity contribution in [2.75, 3.05) is 11.1 Å². The van der Waals surface area contributed by atoms with Gasteiger partial charge in [0.25, 0.3) is 5.56 Å². The van der Waals surface area contributed by atoms with Gasteiger partial charge in [0.15, 0.2) is 0 Å². The topological polar surface area (TPSA) is 106 Å². The molecule has 196 valence electrons. The second-order valence-electron chi connectivity index (χ2n) is 8.11. The van der Waals surface area contributed by atoms with Crippen LogP contribution in [0.2, 0.25) is 0 Å². The molecular weight excluding hydrogens is 577 g/mol. The van der Waals surface area contributed by atoms with E-state index in [0.717, 1.165) is 44.2 Å². The Kier molecular flexibility index (Phi) is 8.38. The van der Waals surface area contributed by atoms with E-state index in [0.29, 0.717) is 5.69 Å². The van der Waals surface area contributed by atoms with Crippen LogP contribution in [0, 0.1) is 13.8 Å². The zero-order chi connectivity index (χ0) is 27.7. The molecule has 3 rings (SSSR count). The number of halogens is 4. The Bertz CT molecular complexity index is 1530. The highest BCUT2D eigenvalue weighted by Gasteiger charge is 2.34. The van der Waals surface area contributed by atoms with Crippen LogP contribution in [0.5, 0.6) is 5.88 Å². The molecule has 13 heteroatoms. The monoisotopic (exact) mass is 598 g/mol. The van der Waals surface area contributed by atoms with Crippen LogP contribution in [-0.2, 0) is 25.1 Å². The van der Waals surface area contributed by atoms with Crippen molar-refractivity contribution < 1.29 is 23.1 Å². The molecule has 1 heterocycles. The number of aromatic hydroxyl groups is 1. The third kappa shape index (κ3) is 6.34. The Balaban J connectivity index is 2.01. The molecule has 37 heavy (non-hydrogen) atoms. The van der Waals surface area contributed by atoms with E-state index in [1.54, 1.807) is 18.2 Å². The van der Waals surface area contributed by atoms with Crippen molar-refractivity contribution in [3.05, 3.63) is 84.0 Å². The molecule has 0 unspecified atom stereocenters. The van der Waals surface area contributed by atoms with Gasteiger partial charge < -0.3 is 10.4 Å². The van der Waals surface area contributed by atoms with Crippen molar-refractivity contribution in [2.45, 2.75) is 20.0 Å². The van der Waals surface area contributed by atoms with Gasteiger partial charge in [0.2, 0.25) is 11.8 Å². The Labute approximate surface area is 222 Å². The van der Waals surface area contributed by atoms with E-state index in [-0.39, 0.29) is 15.1 Å². The number of carbonyl (C=O) groups is 1. The summed E-state index contributed by atoms with van der Waals surface area (Å²) in [6.07, 6.45) is -4.71. The highest BCUT2D eigenvalue weighted by molar-refractivity contribution is 9.10. The Morgan fingerprint density at radius 1 is 1.08 bits per heavy atom. The van der Waals surface area contributed by atoms with Gasteiger partial charge in [-0.1, -0.05) is 33.8 Å². The number of hydrogen-bond donors (Lipinski definition) is 2. The van der Waals surface area contributed by atoms with Crippen LogP contribution in [0.4, 0.5) is 24.5 Å². The van der Waals surface area contributed by atoms with Gasteiger partial charge in [-0.15, -0.1) is 0 Å². The summed E-state index contributed by atoms with van der Waals surface area (Å²) in [6, 6.07) is 8.53. The molecule has 0 bridgehead atoms. The van der Waals surface area contributed by atoms with E-state index < -0.39 is 46.2 Å².